The molecule has 7 heteroatoms. The largest absolute Gasteiger partial charge is 0.483 e. The lowest BCUT2D eigenvalue weighted by Crippen LogP contribution is -2.34. The van der Waals surface area contributed by atoms with Gasteiger partial charge in [0.05, 0.1) is 5.56 Å². The fraction of sp³-hybridized carbons (Fsp3) is 0.222. The lowest BCUT2D eigenvalue weighted by molar-refractivity contribution is -0.133. The van der Waals surface area contributed by atoms with Crippen molar-refractivity contribution in [2.24, 2.45) is 5.73 Å². The fourth-order valence-electron chi connectivity index (χ4n) is 2.28. The molecule has 0 radical (unpaired) electrons. The standard InChI is InChI=1S/C18H18ClFN2O3/c1-2-22(10-12-4-3-5-14(20)8-12)17(23)11-25-16-7-6-13(19)9-15(16)18(21)24/h3-9H,2,10-11H2,1H3,(H2,21,24). The van der Waals surface area contributed by atoms with Crippen molar-refractivity contribution < 1.29 is 18.7 Å². The molecule has 0 unspecified atom stereocenters. The summed E-state index contributed by atoms with van der Waals surface area (Å²) < 4.78 is 18.7. The smallest absolute Gasteiger partial charge is 0.260 e. The minimum atomic E-state index is -0.697. The third kappa shape index (κ3) is 5.19. The Morgan fingerprint density at radius 2 is 2.00 bits per heavy atom. The first-order valence-electron chi connectivity index (χ1n) is 7.65. The second-order valence-electron chi connectivity index (χ2n) is 5.33. The monoisotopic (exact) mass is 364 g/mol. The summed E-state index contributed by atoms with van der Waals surface area (Å²) in [5.74, 6) is -1.16. The summed E-state index contributed by atoms with van der Waals surface area (Å²) in [6.07, 6.45) is 0. The van der Waals surface area contributed by atoms with Crippen LogP contribution < -0.4 is 10.5 Å². The third-order valence-electron chi connectivity index (χ3n) is 3.56. The van der Waals surface area contributed by atoms with Crippen molar-refractivity contribution in [1.29, 1.82) is 0 Å². The van der Waals surface area contributed by atoms with Crippen LogP contribution in [0.1, 0.15) is 22.8 Å². The number of nitrogens with zero attached hydrogens (tertiary/aromatic N) is 1. The van der Waals surface area contributed by atoms with Gasteiger partial charge in [0.25, 0.3) is 11.8 Å². The van der Waals surface area contributed by atoms with Crippen molar-refractivity contribution in [1.82, 2.24) is 4.90 Å². The number of ether oxygens (including phenoxy) is 1. The summed E-state index contributed by atoms with van der Waals surface area (Å²) in [4.78, 5) is 25.3. The van der Waals surface area contributed by atoms with E-state index in [2.05, 4.69) is 0 Å². The highest BCUT2D eigenvalue weighted by Gasteiger charge is 2.16. The van der Waals surface area contributed by atoms with E-state index in [0.29, 0.717) is 17.1 Å². The molecule has 25 heavy (non-hydrogen) atoms. The van der Waals surface area contributed by atoms with Crippen molar-refractivity contribution >= 4 is 23.4 Å². The quantitative estimate of drug-likeness (QED) is 0.820. The van der Waals surface area contributed by atoms with E-state index in [0.717, 1.165) is 0 Å². The Hall–Kier alpha value is -2.60. The molecule has 0 spiro atoms. The molecule has 2 N–H and O–H groups in total. The number of likely N-dealkylation sites (N-methyl/N-ethyl adjacent to an activating group) is 1. The number of carbonyl (C=O) groups excluding carboxylic acids is 2. The first-order chi connectivity index (χ1) is 11.9. The molecule has 2 aromatic carbocycles. The summed E-state index contributed by atoms with van der Waals surface area (Å²) in [7, 11) is 0. The van der Waals surface area contributed by atoms with E-state index in [1.165, 1.54) is 35.2 Å². The van der Waals surface area contributed by atoms with Crippen molar-refractivity contribution in [3.63, 3.8) is 0 Å². The van der Waals surface area contributed by atoms with Gasteiger partial charge in [-0.1, -0.05) is 23.7 Å². The summed E-state index contributed by atoms with van der Waals surface area (Å²) in [6, 6.07) is 10.5. The SMILES string of the molecule is CCN(Cc1cccc(F)c1)C(=O)COc1ccc(Cl)cc1C(N)=O. The molecule has 0 atom stereocenters. The average molecular weight is 365 g/mol. The first kappa shape index (κ1) is 18.7. The molecule has 0 saturated heterocycles. The highest BCUT2D eigenvalue weighted by molar-refractivity contribution is 6.31. The average Bonchev–Trinajstić information content (AvgIpc) is 2.58. The van der Waals surface area contributed by atoms with Gasteiger partial charge in [0.15, 0.2) is 6.61 Å². The maximum atomic E-state index is 13.3. The molecular formula is C18H18ClFN2O3. The zero-order valence-electron chi connectivity index (χ0n) is 13.7. The number of hydrogen-bond acceptors (Lipinski definition) is 3. The summed E-state index contributed by atoms with van der Waals surface area (Å²) >= 11 is 5.83. The third-order valence-corrected chi connectivity index (χ3v) is 3.79. The summed E-state index contributed by atoms with van der Waals surface area (Å²) in [6.45, 7) is 2.24. The molecule has 0 saturated carbocycles. The molecule has 2 rings (SSSR count). The zero-order valence-corrected chi connectivity index (χ0v) is 14.4. The van der Waals surface area contributed by atoms with Gasteiger partial charge in [0.1, 0.15) is 11.6 Å². The van der Waals surface area contributed by atoms with Crippen LogP contribution in [0, 0.1) is 5.82 Å². The minimum Gasteiger partial charge on any atom is -0.483 e. The van der Waals surface area contributed by atoms with Crippen LogP contribution in [0.5, 0.6) is 5.75 Å². The topological polar surface area (TPSA) is 72.6 Å². The van der Waals surface area contributed by atoms with Crippen molar-refractivity contribution in [2.75, 3.05) is 13.2 Å². The Bertz CT molecular complexity index is 783. The van der Waals surface area contributed by atoms with E-state index in [1.807, 2.05) is 6.92 Å². The molecule has 5 nitrogen and oxygen atoms in total. The molecule has 0 fully saturated rings. The van der Waals surface area contributed by atoms with Gasteiger partial charge in [-0.25, -0.2) is 4.39 Å². The molecule has 0 aliphatic carbocycles. The van der Waals surface area contributed by atoms with Crippen LogP contribution in [0.15, 0.2) is 42.5 Å². The van der Waals surface area contributed by atoms with Crippen LogP contribution in [-0.4, -0.2) is 29.9 Å². The fourth-order valence-corrected chi connectivity index (χ4v) is 2.46. The molecule has 0 heterocycles. The Morgan fingerprint density at radius 3 is 2.64 bits per heavy atom. The molecular weight excluding hydrogens is 347 g/mol. The highest BCUT2D eigenvalue weighted by atomic mass is 35.5. The molecule has 0 aliphatic heterocycles. The number of primary amides is 1. The second kappa shape index (κ2) is 8.48. The molecule has 2 amide bonds. The summed E-state index contributed by atoms with van der Waals surface area (Å²) in [5, 5.41) is 0.341. The molecule has 2 aromatic rings. The van der Waals surface area contributed by atoms with Gasteiger partial charge in [-0.2, -0.15) is 0 Å². The number of amides is 2. The Balaban J connectivity index is 2.04. The van der Waals surface area contributed by atoms with Gasteiger partial charge >= 0.3 is 0 Å². The van der Waals surface area contributed by atoms with E-state index in [-0.39, 0.29) is 36.2 Å². The normalized spacial score (nSPS) is 10.4. The van der Waals surface area contributed by atoms with Gasteiger partial charge in [-0.3, -0.25) is 9.59 Å². The van der Waals surface area contributed by atoms with E-state index < -0.39 is 5.91 Å². The van der Waals surface area contributed by atoms with Gasteiger partial charge in [-0.05, 0) is 42.8 Å². The van der Waals surface area contributed by atoms with Crippen LogP contribution in [-0.2, 0) is 11.3 Å². The maximum absolute atomic E-state index is 13.3. The van der Waals surface area contributed by atoms with Crippen LogP contribution in [0.2, 0.25) is 5.02 Å². The van der Waals surface area contributed by atoms with Crippen molar-refractivity contribution in [2.45, 2.75) is 13.5 Å². The van der Waals surface area contributed by atoms with Gasteiger partial charge < -0.3 is 15.4 Å². The van der Waals surface area contributed by atoms with Gasteiger partial charge in [0, 0.05) is 18.1 Å². The van der Waals surface area contributed by atoms with E-state index in [4.69, 9.17) is 22.1 Å². The number of nitrogens with two attached hydrogens (primary N) is 1. The van der Waals surface area contributed by atoms with Crippen LogP contribution in [0.25, 0.3) is 0 Å². The van der Waals surface area contributed by atoms with Crippen LogP contribution in [0.3, 0.4) is 0 Å². The second-order valence-corrected chi connectivity index (χ2v) is 5.77. The van der Waals surface area contributed by atoms with E-state index in [9.17, 15) is 14.0 Å². The number of carbonyl (C=O) groups is 2. The van der Waals surface area contributed by atoms with E-state index >= 15 is 0 Å². The maximum Gasteiger partial charge on any atom is 0.260 e. The first-order valence-corrected chi connectivity index (χ1v) is 8.03. The number of rotatable bonds is 7. The van der Waals surface area contributed by atoms with Gasteiger partial charge in [-0.15, -0.1) is 0 Å². The lowest BCUT2D eigenvalue weighted by atomic mass is 10.2. The molecule has 132 valence electrons. The van der Waals surface area contributed by atoms with E-state index in [1.54, 1.807) is 12.1 Å². The molecule has 0 aromatic heterocycles. The Morgan fingerprint density at radius 1 is 1.24 bits per heavy atom. The lowest BCUT2D eigenvalue weighted by Gasteiger charge is -2.21. The van der Waals surface area contributed by atoms with Crippen LogP contribution in [0.4, 0.5) is 4.39 Å². The Kier molecular flexibility index (Phi) is 6.36. The van der Waals surface area contributed by atoms with Crippen molar-refractivity contribution in [3.8, 4) is 5.75 Å². The Labute approximate surface area is 150 Å². The number of benzene rings is 2. The predicted octanol–water partition coefficient (Wildman–Crippen LogP) is 3.01. The minimum absolute atomic E-state index is 0.105. The van der Waals surface area contributed by atoms with Crippen LogP contribution >= 0.6 is 11.6 Å². The van der Waals surface area contributed by atoms with Crippen molar-refractivity contribution in [3.05, 3.63) is 64.4 Å². The van der Waals surface area contributed by atoms with Gasteiger partial charge in [0.2, 0.25) is 0 Å². The predicted molar refractivity (Wildman–Crippen MR) is 93.0 cm³/mol. The number of halogens is 2. The number of hydrogen-bond donors (Lipinski definition) is 1. The zero-order chi connectivity index (χ0) is 18.4. The highest BCUT2D eigenvalue weighted by Crippen LogP contribution is 2.22. The summed E-state index contributed by atoms with van der Waals surface area (Å²) in [5.41, 5.74) is 6.07. The molecule has 0 aliphatic rings. The molecule has 0 bridgehead atoms.